The van der Waals surface area contributed by atoms with Crippen molar-refractivity contribution in [3.05, 3.63) is 32.6 Å². The Morgan fingerprint density at radius 1 is 1.39 bits per heavy atom. The smallest absolute Gasteiger partial charge is 0.330 e. The van der Waals surface area contributed by atoms with Gasteiger partial charge in [-0.05, 0) is 20.8 Å². The molecular weight excluding hydrogens is 308 g/mol. The van der Waals surface area contributed by atoms with E-state index in [1.807, 2.05) is 0 Å². The van der Waals surface area contributed by atoms with E-state index in [1.165, 1.54) is 6.92 Å². The van der Waals surface area contributed by atoms with Crippen LogP contribution in [0.1, 0.15) is 37.4 Å². The maximum atomic E-state index is 12.1. The molecule has 1 aromatic heterocycles. The highest BCUT2D eigenvalue weighted by atomic mass is 16.8. The SMILES string of the molecule is CC(=O)c1cn(C2OC3OC(C)(C)OC3C2CO)c(=O)[nH]c1=O. The van der Waals surface area contributed by atoms with E-state index in [-0.39, 0.29) is 12.2 Å². The second-order valence-electron chi connectivity index (χ2n) is 6.11. The Hall–Kier alpha value is -1.81. The minimum atomic E-state index is -0.909. The number of aliphatic hydroxyl groups excluding tert-OH is 1. The lowest BCUT2D eigenvalue weighted by atomic mass is 10.0. The van der Waals surface area contributed by atoms with Crippen molar-refractivity contribution in [2.45, 2.75) is 45.2 Å². The van der Waals surface area contributed by atoms with Crippen LogP contribution in [0.15, 0.2) is 15.8 Å². The van der Waals surface area contributed by atoms with Crippen LogP contribution in [0.4, 0.5) is 0 Å². The first-order valence-corrected chi connectivity index (χ1v) is 7.22. The zero-order valence-electron chi connectivity index (χ0n) is 12.9. The number of fused-ring (bicyclic) bond motifs is 1. The molecule has 0 amide bonds. The minimum Gasteiger partial charge on any atom is -0.396 e. The van der Waals surface area contributed by atoms with E-state index in [1.54, 1.807) is 13.8 Å². The van der Waals surface area contributed by atoms with Crippen molar-refractivity contribution in [2.24, 2.45) is 5.92 Å². The summed E-state index contributed by atoms with van der Waals surface area (Å²) >= 11 is 0. The number of aromatic nitrogens is 2. The second-order valence-corrected chi connectivity index (χ2v) is 6.11. The molecule has 2 aliphatic heterocycles. The van der Waals surface area contributed by atoms with E-state index in [4.69, 9.17) is 14.2 Å². The molecule has 1 aromatic rings. The molecule has 0 aromatic carbocycles. The van der Waals surface area contributed by atoms with Gasteiger partial charge in [0.25, 0.3) is 5.56 Å². The Labute approximate surface area is 130 Å². The zero-order valence-corrected chi connectivity index (χ0v) is 12.9. The fraction of sp³-hybridized carbons (Fsp3) is 0.643. The number of aliphatic hydroxyl groups is 1. The molecule has 4 unspecified atom stereocenters. The number of hydrogen-bond donors (Lipinski definition) is 2. The summed E-state index contributed by atoms with van der Waals surface area (Å²) in [5.74, 6) is -1.91. The lowest BCUT2D eigenvalue weighted by Crippen LogP contribution is -2.39. The zero-order chi connectivity index (χ0) is 16.9. The minimum absolute atomic E-state index is 0.163. The number of Topliss-reactive ketones (excluding diaryl/α,β-unsaturated/α-hetero) is 1. The highest BCUT2D eigenvalue weighted by Gasteiger charge is 2.55. The van der Waals surface area contributed by atoms with E-state index in [9.17, 15) is 19.5 Å². The van der Waals surface area contributed by atoms with Crippen LogP contribution in [-0.2, 0) is 14.2 Å². The van der Waals surface area contributed by atoms with Crippen LogP contribution in [0.2, 0.25) is 0 Å². The topological polar surface area (TPSA) is 120 Å². The fourth-order valence-electron chi connectivity index (χ4n) is 2.94. The van der Waals surface area contributed by atoms with Gasteiger partial charge in [0.05, 0.1) is 18.1 Å². The Morgan fingerprint density at radius 2 is 2.09 bits per heavy atom. The summed E-state index contributed by atoms with van der Waals surface area (Å²) < 4.78 is 18.1. The standard InChI is InChI=1S/C14H18N2O7/c1-6(18)7-4-16(13(20)15-10(7)19)11-8(5-17)9-12(21-11)23-14(2,3)22-9/h4,8-9,11-12,17H,5H2,1-3H3,(H,15,19,20). The number of carbonyl (C=O) groups is 1. The van der Waals surface area contributed by atoms with Gasteiger partial charge in [0.1, 0.15) is 12.3 Å². The van der Waals surface area contributed by atoms with Crippen molar-refractivity contribution < 1.29 is 24.1 Å². The molecule has 2 fully saturated rings. The van der Waals surface area contributed by atoms with Crippen LogP contribution in [0.25, 0.3) is 0 Å². The average Bonchev–Trinajstić information content (AvgIpc) is 2.89. The van der Waals surface area contributed by atoms with Gasteiger partial charge in [-0.25, -0.2) is 4.79 Å². The van der Waals surface area contributed by atoms with Gasteiger partial charge in [-0.15, -0.1) is 0 Å². The molecule has 0 saturated carbocycles. The van der Waals surface area contributed by atoms with E-state index >= 15 is 0 Å². The number of ketones is 1. The predicted octanol–water partition coefficient (Wildman–Crippen LogP) is -0.646. The fourth-order valence-corrected chi connectivity index (χ4v) is 2.94. The molecule has 2 aliphatic rings. The first-order chi connectivity index (χ1) is 10.7. The van der Waals surface area contributed by atoms with Crippen molar-refractivity contribution in [2.75, 3.05) is 6.61 Å². The van der Waals surface area contributed by atoms with Crippen molar-refractivity contribution >= 4 is 5.78 Å². The molecule has 2 N–H and O–H groups in total. The molecule has 2 saturated heterocycles. The third-order valence-electron chi connectivity index (χ3n) is 3.98. The average molecular weight is 326 g/mol. The van der Waals surface area contributed by atoms with Crippen molar-refractivity contribution in [3.63, 3.8) is 0 Å². The first-order valence-electron chi connectivity index (χ1n) is 7.22. The van der Waals surface area contributed by atoms with Gasteiger partial charge in [-0.2, -0.15) is 0 Å². The molecular formula is C14H18N2O7. The van der Waals surface area contributed by atoms with E-state index in [0.29, 0.717) is 0 Å². The third kappa shape index (κ3) is 2.65. The Balaban J connectivity index is 2.00. The third-order valence-corrected chi connectivity index (χ3v) is 3.98. The number of H-pyrrole nitrogens is 1. The van der Waals surface area contributed by atoms with Gasteiger partial charge in [-0.3, -0.25) is 19.1 Å². The molecule has 0 radical (unpaired) electrons. The van der Waals surface area contributed by atoms with Crippen LogP contribution < -0.4 is 11.2 Å². The van der Waals surface area contributed by atoms with Gasteiger partial charge in [0, 0.05) is 6.20 Å². The summed E-state index contributed by atoms with van der Waals surface area (Å²) in [6.45, 7) is 4.35. The molecule has 0 bridgehead atoms. The monoisotopic (exact) mass is 326 g/mol. The van der Waals surface area contributed by atoms with Crippen molar-refractivity contribution in [3.8, 4) is 0 Å². The summed E-state index contributed by atoms with van der Waals surface area (Å²) in [7, 11) is 0. The van der Waals surface area contributed by atoms with Crippen LogP contribution in [0.5, 0.6) is 0 Å². The quantitative estimate of drug-likeness (QED) is 0.708. The van der Waals surface area contributed by atoms with Crippen molar-refractivity contribution in [1.29, 1.82) is 0 Å². The highest BCUT2D eigenvalue weighted by molar-refractivity contribution is 5.93. The summed E-state index contributed by atoms with van der Waals surface area (Å²) in [6, 6.07) is 0. The van der Waals surface area contributed by atoms with Crippen LogP contribution in [-0.4, -0.2) is 45.2 Å². The maximum absolute atomic E-state index is 12.1. The molecule has 9 nitrogen and oxygen atoms in total. The molecule has 3 rings (SSSR count). The molecule has 126 valence electrons. The summed E-state index contributed by atoms with van der Waals surface area (Å²) in [6.07, 6.45) is -1.07. The number of nitrogens with zero attached hydrogens (tertiary/aromatic N) is 1. The molecule has 0 spiro atoms. The Bertz CT molecular complexity index is 750. The van der Waals surface area contributed by atoms with Gasteiger partial charge in [-0.1, -0.05) is 0 Å². The number of aromatic amines is 1. The van der Waals surface area contributed by atoms with Gasteiger partial charge < -0.3 is 19.3 Å². The van der Waals surface area contributed by atoms with E-state index in [2.05, 4.69) is 4.98 Å². The second kappa shape index (κ2) is 5.38. The Morgan fingerprint density at radius 3 is 2.70 bits per heavy atom. The van der Waals surface area contributed by atoms with E-state index < -0.39 is 47.4 Å². The molecule has 3 heterocycles. The van der Waals surface area contributed by atoms with Crippen molar-refractivity contribution in [1.82, 2.24) is 9.55 Å². The normalized spacial score (nSPS) is 32.0. The lowest BCUT2D eigenvalue weighted by Gasteiger charge is -2.25. The molecule has 23 heavy (non-hydrogen) atoms. The molecule has 0 aliphatic carbocycles. The predicted molar refractivity (Wildman–Crippen MR) is 75.9 cm³/mol. The largest absolute Gasteiger partial charge is 0.396 e. The number of rotatable bonds is 3. The summed E-state index contributed by atoms with van der Waals surface area (Å²) in [4.78, 5) is 37.3. The Kier molecular flexibility index (Phi) is 3.75. The van der Waals surface area contributed by atoms with Crippen LogP contribution >= 0.6 is 0 Å². The van der Waals surface area contributed by atoms with Gasteiger partial charge >= 0.3 is 5.69 Å². The van der Waals surface area contributed by atoms with Crippen LogP contribution in [0, 0.1) is 5.92 Å². The van der Waals surface area contributed by atoms with Gasteiger partial charge in [0.2, 0.25) is 0 Å². The number of carbonyl (C=O) groups excluding carboxylic acids is 1. The maximum Gasteiger partial charge on any atom is 0.330 e. The van der Waals surface area contributed by atoms with Crippen LogP contribution in [0.3, 0.4) is 0 Å². The molecule has 9 heteroatoms. The highest BCUT2D eigenvalue weighted by Crippen LogP contribution is 2.44. The lowest BCUT2D eigenvalue weighted by molar-refractivity contribution is -0.222. The number of ether oxygens (including phenoxy) is 3. The van der Waals surface area contributed by atoms with E-state index in [0.717, 1.165) is 10.8 Å². The summed E-state index contributed by atoms with van der Waals surface area (Å²) in [5.41, 5.74) is -1.65. The number of hydrogen-bond acceptors (Lipinski definition) is 7. The first kappa shape index (κ1) is 16.1. The summed E-state index contributed by atoms with van der Waals surface area (Å²) in [5, 5.41) is 9.67. The van der Waals surface area contributed by atoms with Gasteiger partial charge in [0.15, 0.2) is 17.9 Å². The number of nitrogens with one attached hydrogen (secondary N) is 1. The molecule has 4 atom stereocenters.